The van der Waals surface area contributed by atoms with Crippen molar-refractivity contribution < 1.29 is 13.4 Å². The third-order valence-corrected chi connectivity index (χ3v) is 3.34. The van der Waals surface area contributed by atoms with Crippen LogP contribution in [0.4, 0.5) is 4.39 Å². The lowest BCUT2D eigenvalue weighted by atomic mass is 10.3. The summed E-state index contributed by atoms with van der Waals surface area (Å²) in [5, 5.41) is -0.809. The molecular weight excluding hydrogens is 205 g/mol. The van der Waals surface area contributed by atoms with E-state index in [0.29, 0.717) is 0 Å². The van der Waals surface area contributed by atoms with E-state index in [1.807, 2.05) is 0 Å². The smallest absolute Gasteiger partial charge is 0.233 e. The Balaban J connectivity index is 2.95. The summed E-state index contributed by atoms with van der Waals surface area (Å²) in [4.78, 5) is 11.0. The molecule has 0 bridgehead atoms. The fourth-order valence-corrected chi connectivity index (χ4v) is 1.96. The molecule has 2 unspecified atom stereocenters. The molecule has 1 aromatic rings. The average Bonchev–Trinajstić information content (AvgIpc) is 2.15. The van der Waals surface area contributed by atoms with E-state index in [1.54, 1.807) is 0 Å². The quantitative estimate of drug-likeness (QED) is 0.811. The number of primary amides is 1. The van der Waals surface area contributed by atoms with Gasteiger partial charge in [-0.2, -0.15) is 0 Å². The van der Waals surface area contributed by atoms with Crippen LogP contribution >= 0.6 is 0 Å². The van der Waals surface area contributed by atoms with Crippen LogP contribution in [-0.2, 0) is 15.6 Å². The van der Waals surface area contributed by atoms with Crippen molar-refractivity contribution >= 4 is 16.7 Å². The molecule has 3 nitrogen and oxygen atoms in total. The first-order valence-electron chi connectivity index (χ1n) is 3.98. The van der Waals surface area contributed by atoms with Crippen molar-refractivity contribution in [2.45, 2.75) is 17.1 Å². The molecule has 0 spiro atoms. The van der Waals surface area contributed by atoms with E-state index >= 15 is 0 Å². The zero-order chi connectivity index (χ0) is 10.7. The number of halogens is 1. The van der Waals surface area contributed by atoms with Crippen LogP contribution in [0.15, 0.2) is 29.2 Å². The van der Waals surface area contributed by atoms with Crippen molar-refractivity contribution in [3.8, 4) is 0 Å². The van der Waals surface area contributed by atoms with E-state index in [0.717, 1.165) is 6.07 Å². The molecule has 2 atom stereocenters. The molecule has 1 rings (SSSR count). The topological polar surface area (TPSA) is 60.2 Å². The first-order valence-corrected chi connectivity index (χ1v) is 5.19. The van der Waals surface area contributed by atoms with Crippen LogP contribution in [0.5, 0.6) is 0 Å². The van der Waals surface area contributed by atoms with E-state index in [1.165, 1.54) is 25.1 Å². The highest BCUT2D eigenvalue weighted by Gasteiger charge is 2.18. The van der Waals surface area contributed by atoms with Crippen molar-refractivity contribution in [2.75, 3.05) is 0 Å². The number of rotatable bonds is 3. The predicted molar refractivity (Wildman–Crippen MR) is 51.5 cm³/mol. The van der Waals surface area contributed by atoms with E-state index in [9.17, 15) is 13.4 Å². The summed E-state index contributed by atoms with van der Waals surface area (Å²) in [7, 11) is -1.58. The van der Waals surface area contributed by atoms with Gasteiger partial charge in [0.05, 0.1) is 10.8 Å². The molecule has 2 N–H and O–H groups in total. The minimum atomic E-state index is -1.58. The summed E-state index contributed by atoms with van der Waals surface area (Å²) >= 11 is 0. The van der Waals surface area contributed by atoms with Crippen LogP contribution in [0.1, 0.15) is 6.92 Å². The van der Waals surface area contributed by atoms with Crippen LogP contribution in [0.25, 0.3) is 0 Å². The fourth-order valence-electron chi connectivity index (χ4n) is 0.902. The predicted octanol–water partition coefficient (Wildman–Crippen LogP) is 0.807. The number of nitrogens with two attached hydrogens (primary N) is 1. The molecule has 1 aromatic carbocycles. The molecule has 5 heteroatoms. The van der Waals surface area contributed by atoms with Gasteiger partial charge < -0.3 is 5.73 Å². The molecule has 76 valence electrons. The molecule has 0 fully saturated rings. The van der Waals surface area contributed by atoms with E-state index < -0.39 is 27.8 Å². The van der Waals surface area contributed by atoms with Crippen molar-refractivity contribution in [2.24, 2.45) is 5.73 Å². The van der Waals surface area contributed by atoms with Gasteiger partial charge in [-0.1, -0.05) is 6.07 Å². The maximum Gasteiger partial charge on any atom is 0.233 e. The first-order chi connectivity index (χ1) is 6.52. The summed E-state index contributed by atoms with van der Waals surface area (Å²) < 4.78 is 24.3. The van der Waals surface area contributed by atoms with Crippen molar-refractivity contribution in [3.05, 3.63) is 30.1 Å². The van der Waals surface area contributed by atoms with Gasteiger partial charge in [-0.05, 0) is 25.1 Å². The first kappa shape index (κ1) is 10.8. The molecular formula is C9H10FNO2S. The Morgan fingerprint density at radius 1 is 1.57 bits per heavy atom. The number of benzene rings is 1. The lowest BCUT2D eigenvalue weighted by Crippen LogP contribution is -2.29. The SMILES string of the molecule is CC(C(N)=O)S(=O)c1cccc(F)c1. The normalized spacial score (nSPS) is 14.7. The molecule has 0 radical (unpaired) electrons. The van der Waals surface area contributed by atoms with Gasteiger partial charge in [0.15, 0.2) is 0 Å². The van der Waals surface area contributed by atoms with Crippen molar-refractivity contribution in [1.82, 2.24) is 0 Å². The Labute approximate surface area is 83.6 Å². The lowest BCUT2D eigenvalue weighted by molar-refractivity contribution is -0.117. The summed E-state index contributed by atoms with van der Waals surface area (Å²) in [5.74, 6) is -1.14. The third kappa shape index (κ3) is 2.38. The molecule has 0 aliphatic rings. The monoisotopic (exact) mass is 215 g/mol. The zero-order valence-corrected chi connectivity index (χ0v) is 8.38. The van der Waals surface area contributed by atoms with Gasteiger partial charge in [0.2, 0.25) is 5.91 Å². The molecule has 0 saturated heterocycles. The van der Waals surface area contributed by atoms with Gasteiger partial charge in [0, 0.05) is 4.90 Å². The molecule has 0 aromatic heterocycles. The standard InChI is InChI=1S/C9H10FNO2S/c1-6(9(11)12)14(13)8-4-2-3-7(10)5-8/h2-6H,1H3,(H2,11,12). The Hall–Kier alpha value is -1.23. The van der Waals surface area contributed by atoms with Gasteiger partial charge in [-0.3, -0.25) is 9.00 Å². The van der Waals surface area contributed by atoms with Crippen molar-refractivity contribution in [3.63, 3.8) is 0 Å². The number of amides is 1. The highest BCUT2D eigenvalue weighted by molar-refractivity contribution is 7.86. The van der Waals surface area contributed by atoms with Gasteiger partial charge in [-0.15, -0.1) is 0 Å². The highest BCUT2D eigenvalue weighted by Crippen LogP contribution is 2.12. The summed E-state index contributed by atoms with van der Waals surface area (Å²) in [6, 6.07) is 5.32. The second kappa shape index (κ2) is 4.32. The molecule has 14 heavy (non-hydrogen) atoms. The maximum atomic E-state index is 12.7. The van der Waals surface area contributed by atoms with Crippen LogP contribution in [0, 0.1) is 5.82 Å². The second-order valence-corrected chi connectivity index (χ2v) is 4.57. The molecule has 0 aliphatic carbocycles. The van der Waals surface area contributed by atoms with Crippen molar-refractivity contribution in [1.29, 1.82) is 0 Å². The van der Waals surface area contributed by atoms with Crippen LogP contribution in [0.2, 0.25) is 0 Å². The summed E-state index contributed by atoms with van der Waals surface area (Å²) in [6.07, 6.45) is 0. The number of hydrogen-bond donors (Lipinski definition) is 1. The Bertz CT molecular complexity index is 381. The second-order valence-electron chi connectivity index (χ2n) is 2.80. The van der Waals surface area contributed by atoms with Crippen LogP contribution < -0.4 is 5.73 Å². The van der Waals surface area contributed by atoms with E-state index in [-0.39, 0.29) is 4.90 Å². The largest absolute Gasteiger partial charge is 0.369 e. The van der Waals surface area contributed by atoms with Gasteiger partial charge in [-0.25, -0.2) is 4.39 Å². The van der Waals surface area contributed by atoms with Gasteiger partial charge >= 0.3 is 0 Å². The molecule has 0 heterocycles. The Kier molecular flexibility index (Phi) is 3.35. The summed E-state index contributed by atoms with van der Waals surface area (Å²) in [5.41, 5.74) is 4.99. The number of hydrogen-bond acceptors (Lipinski definition) is 2. The average molecular weight is 215 g/mol. The Morgan fingerprint density at radius 3 is 2.71 bits per heavy atom. The number of carbonyl (C=O) groups is 1. The molecule has 0 aliphatic heterocycles. The Morgan fingerprint density at radius 2 is 2.21 bits per heavy atom. The number of carbonyl (C=O) groups excluding carboxylic acids is 1. The zero-order valence-electron chi connectivity index (χ0n) is 7.57. The molecule has 1 amide bonds. The lowest BCUT2D eigenvalue weighted by Gasteiger charge is -2.06. The summed E-state index contributed by atoms with van der Waals surface area (Å²) in [6.45, 7) is 1.45. The van der Waals surface area contributed by atoms with Gasteiger partial charge in [0.1, 0.15) is 11.1 Å². The third-order valence-electron chi connectivity index (χ3n) is 1.75. The van der Waals surface area contributed by atoms with E-state index in [2.05, 4.69) is 0 Å². The maximum absolute atomic E-state index is 12.7. The molecule has 0 saturated carbocycles. The van der Waals surface area contributed by atoms with Crippen LogP contribution in [-0.4, -0.2) is 15.4 Å². The van der Waals surface area contributed by atoms with E-state index in [4.69, 9.17) is 5.73 Å². The minimum Gasteiger partial charge on any atom is -0.369 e. The van der Waals surface area contributed by atoms with Gasteiger partial charge in [0.25, 0.3) is 0 Å². The minimum absolute atomic E-state index is 0.274. The highest BCUT2D eigenvalue weighted by atomic mass is 32.2. The van der Waals surface area contributed by atoms with Crippen LogP contribution in [0.3, 0.4) is 0 Å². The fraction of sp³-hybridized carbons (Fsp3) is 0.222.